The summed E-state index contributed by atoms with van der Waals surface area (Å²) in [7, 11) is 0. The summed E-state index contributed by atoms with van der Waals surface area (Å²) in [6, 6.07) is 3.79. The van der Waals surface area contributed by atoms with E-state index in [2.05, 4.69) is 32.9 Å². The zero-order chi connectivity index (χ0) is 18.7. The number of hydrogen-bond donors (Lipinski definition) is 3. The molecule has 7 nitrogen and oxygen atoms in total. The van der Waals surface area contributed by atoms with Crippen LogP contribution in [-0.4, -0.2) is 42.1 Å². The molecule has 0 aliphatic rings. The first kappa shape index (κ1) is 24.4. The van der Waals surface area contributed by atoms with Gasteiger partial charge in [0.1, 0.15) is 0 Å². The van der Waals surface area contributed by atoms with Crippen molar-refractivity contribution in [1.82, 2.24) is 20.9 Å². The molecule has 8 heteroatoms. The molecule has 0 fully saturated rings. The minimum Gasteiger partial charge on any atom is -0.478 e. The fourth-order valence-electron chi connectivity index (χ4n) is 1.94. The van der Waals surface area contributed by atoms with Gasteiger partial charge in [0.15, 0.2) is 5.96 Å². The summed E-state index contributed by atoms with van der Waals surface area (Å²) >= 11 is 0. The molecule has 0 saturated carbocycles. The first-order valence-corrected chi connectivity index (χ1v) is 8.75. The van der Waals surface area contributed by atoms with Gasteiger partial charge in [-0.2, -0.15) is 0 Å². The van der Waals surface area contributed by atoms with Gasteiger partial charge in [0.25, 0.3) is 0 Å². The number of rotatable bonds is 8. The quantitative estimate of drug-likeness (QED) is 0.304. The fraction of sp³-hybridized carbons (Fsp3) is 0.611. The van der Waals surface area contributed by atoms with E-state index in [9.17, 15) is 4.79 Å². The topological polar surface area (TPSA) is 87.6 Å². The monoisotopic (exact) mass is 477 g/mol. The molecule has 0 aliphatic carbocycles. The van der Waals surface area contributed by atoms with E-state index < -0.39 is 0 Å². The number of guanidine groups is 1. The van der Waals surface area contributed by atoms with E-state index in [0.29, 0.717) is 25.0 Å². The van der Waals surface area contributed by atoms with Crippen molar-refractivity contribution < 1.29 is 9.53 Å². The largest absolute Gasteiger partial charge is 0.478 e. The van der Waals surface area contributed by atoms with Crippen LogP contribution >= 0.6 is 24.0 Å². The second-order valence-corrected chi connectivity index (χ2v) is 6.70. The molecular formula is C18H32IN5O2. The molecular weight excluding hydrogens is 445 g/mol. The first-order chi connectivity index (χ1) is 11.8. The van der Waals surface area contributed by atoms with E-state index in [1.54, 1.807) is 6.20 Å². The maximum absolute atomic E-state index is 11.9. The first-order valence-electron chi connectivity index (χ1n) is 8.75. The van der Waals surface area contributed by atoms with Crippen molar-refractivity contribution in [3.8, 4) is 5.88 Å². The average molecular weight is 477 g/mol. The van der Waals surface area contributed by atoms with Gasteiger partial charge in [-0.15, -0.1) is 24.0 Å². The third-order valence-electron chi connectivity index (χ3n) is 2.95. The van der Waals surface area contributed by atoms with Crippen molar-refractivity contribution in [2.75, 3.05) is 19.7 Å². The Labute approximate surface area is 173 Å². The fourth-order valence-corrected chi connectivity index (χ4v) is 1.94. The lowest BCUT2D eigenvalue weighted by Crippen LogP contribution is -2.48. The van der Waals surface area contributed by atoms with E-state index in [4.69, 9.17) is 4.74 Å². The number of nitrogens with zero attached hydrogens (tertiary/aromatic N) is 2. The molecule has 0 aliphatic heterocycles. The van der Waals surface area contributed by atoms with Gasteiger partial charge in [-0.1, -0.05) is 13.0 Å². The van der Waals surface area contributed by atoms with Crippen molar-refractivity contribution in [1.29, 1.82) is 0 Å². The van der Waals surface area contributed by atoms with Crippen molar-refractivity contribution >= 4 is 35.8 Å². The van der Waals surface area contributed by atoms with E-state index in [1.165, 1.54) is 0 Å². The summed E-state index contributed by atoms with van der Waals surface area (Å²) in [5.74, 6) is 1.15. The van der Waals surface area contributed by atoms with Crippen LogP contribution < -0.4 is 20.7 Å². The molecule has 1 aromatic rings. The van der Waals surface area contributed by atoms with Crippen molar-refractivity contribution in [2.24, 2.45) is 4.99 Å². The molecule has 0 spiro atoms. The number of halogens is 1. The van der Waals surface area contributed by atoms with Crippen LogP contribution in [0.15, 0.2) is 23.3 Å². The van der Waals surface area contributed by atoms with Crippen LogP contribution in [0.1, 0.15) is 46.6 Å². The number of aromatic nitrogens is 1. The molecule has 0 atom stereocenters. The van der Waals surface area contributed by atoms with Gasteiger partial charge >= 0.3 is 0 Å². The summed E-state index contributed by atoms with van der Waals surface area (Å²) < 4.78 is 5.46. The van der Waals surface area contributed by atoms with E-state index in [-0.39, 0.29) is 42.0 Å². The van der Waals surface area contributed by atoms with Gasteiger partial charge in [-0.3, -0.25) is 4.79 Å². The van der Waals surface area contributed by atoms with Crippen molar-refractivity contribution in [2.45, 2.75) is 53.1 Å². The van der Waals surface area contributed by atoms with E-state index >= 15 is 0 Å². The lowest BCUT2D eigenvalue weighted by atomic mass is 10.1. The number of hydrogen-bond acceptors (Lipinski definition) is 4. The molecule has 26 heavy (non-hydrogen) atoms. The number of ether oxygens (including phenoxy) is 1. The number of amides is 1. The Morgan fingerprint density at radius 2 is 1.96 bits per heavy atom. The van der Waals surface area contributed by atoms with Gasteiger partial charge in [0.05, 0.1) is 19.7 Å². The highest BCUT2D eigenvalue weighted by Gasteiger charge is 2.13. The van der Waals surface area contributed by atoms with Gasteiger partial charge in [-0.25, -0.2) is 9.98 Å². The normalized spacial score (nSPS) is 11.3. The molecule has 0 radical (unpaired) electrons. The zero-order valence-corrected chi connectivity index (χ0v) is 18.7. The van der Waals surface area contributed by atoms with Gasteiger partial charge < -0.3 is 20.7 Å². The highest BCUT2D eigenvalue weighted by molar-refractivity contribution is 14.0. The number of carbonyl (C=O) groups is 1. The molecule has 0 unspecified atom stereocenters. The highest BCUT2D eigenvalue weighted by atomic mass is 127. The Morgan fingerprint density at radius 1 is 1.23 bits per heavy atom. The summed E-state index contributed by atoms with van der Waals surface area (Å²) in [5.41, 5.74) is 0.724. The predicted molar refractivity (Wildman–Crippen MR) is 116 cm³/mol. The van der Waals surface area contributed by atoms with Crippen molar-refractivity contribution in [3.05, 3.63) is 23.9 Å². The number of pyridine rings is 1. The van der Waals surface area contributed by atoms with Crippen LogP contribution in [-0.2, 0) is 11.3 Å². The molecule has 1 heterocycles. The lowest BCUT2D eigenvalue weighted by molar-refractivity contribution is -0.121. The number of nitrogens with one attached hydrogen (secondary N) is 3. The van der Waals surface area contributed by atoms with Gasteiger partial charge in [0, 0.05) is 24.3 Å². The van der Waals surface area contributed by atoms with Crippen molar-refractivity contribution in [3.63, 3.8) is 0 Å². The predicted octanol–water partition coefficient (Wildman–Crippen LogP) is 2.46. The molecule has 1 aromatic heterocycles. The Bertz CT molecular complexity index is 556. The minimum atomic E-state index is -0.248. The third kappa shape index (κ3) is 11.1. The SMILES string of the molecule is CCCOc1ccc(CN=C(NCC)NCC(=O)NC(C)(C)C)cn1.I. The summed E-state index contributed by atoms with van der Waals surface area (Å²) in [5, 5.41) is 9.06. The zero-order valence-electron chi connectivity index (χ0n) is 16.4. The standard InChI is InChI=1S/C18H31N5O2.HI/c1-6-10-25-16-9-8-14(11-20-16)12-21-17(19-7-2)22-13-15(24)23-18(3,4)5;/h8-9,11H,6-7,10,12-13H2,1-5H3,(H,23,24)(H2,19,21,22);1H. The smallest absolute Gasteiger partial charge is 0.239 e. The lowest BCUT2D eigenvalue weighted by Gasteiger charge is -2.21. The number of carbonyl (C=O) groups excluding carboxylic acids is 1. The van der Waals surface area contributed by atoms with Gasteiger partial charge in [0.2, 0.25) is 11.8 Å². The molecule has 0 bridgehead atoms. The molecule has 0 aromatic carbocycles. The maximum atomic E-state index is 11.9. The molecule has 0 saturated heterocycles. The van der Waals surface area contributed by atoms with E-state index in [1.807, 2.05) is 39.8 Å². The molecule has 148 valence electrons. The Balaban J connectivity index is 0.00000625. The van der Waals surface area contributed by atoms with E-state index in [0.717, 1.165) is 18.5 Å². The summed E-state index contributed by atoms with van der Waals surface area (Å²) in [6.07, 6.45) is 2.71. The Kier molecular flexibility index (Phi) is 11.9. The van der Waals surface area contributed by atoms with Crippen LogP contribution in [0.2, 0.25) is 0 Å². The minimum absolute atomic E-state index is 0. The van der Waals surface area contributed by atoms with Gasteiger partial charge in [-0.05, 0) is 39.7 Å². The highest BCUT2D eigenvalue weighted by Crippen LogP contribution is 2.08. The molecule has 1 amide bonds. The second kappa shape index (κ2) is 12.7. The average Bonchev–Trinajstić information content (AvgIpc) is 2.55. The maximum Gasteiger partial charge on any atom is 0.239 e. The van der Waals surface area contributed by atoms with Crippen LogP contribution in [0.25, 0.3) is 0 Å². The van der Waals surface area contributed by atoms with Crippen LogP contribution in [0.5, 0.6) is 5.88 Å². The Morgan fingerprint density at radius 3 is 2.50 bits per heavy atom. The molecule has 3 N–H and O–H groups in total. The summed E-state index contributed by atoms with van der Waals surface area (Å²) in [6.45, 7) is 11.9. The summed E-state index contributed by atoms with van der Waals surface area (Å²) in [4.78, 5) is 20.6. The second-order valence-electron chi connectivity index (χ2n) is 6.70. The Hall–Kier alpha value is -1.58. The third-order valence-corrected chi connectivity index (χ3v) is 2.95. The van der Waals surface area contributed by atoms with Crippen LogP contribution in [0.3, 0.4) is 0 Å². The number of aliphatic imine (C=N–C) groups is 1. The van der Waals surface area contributed by atoms with Crippen LogP contribution in [0.4, 0.5) is 0 Å². The van der Waals surface area contributed by atoms with Crippen LogP contribution in [0, 0.1) is 0 Å². The molecule has 1 rings (SSSR count).